The maximum absolute atomic E-state index is 6.27. The molecule has 1 heterocycles. The number of H-pyrrole nitrogens is 1. The molecule has 0 atom stereocenters. The number of halogens is 3. The molecule has 0 aliphatic rings. The van der Waals surface area contributed by atoms with E-state index >= 15 is 0 Å². The Morgan fingerprint density at radius 3 is 2.53 bits per heavy atom. The summed E-state index contributed by atoms with van der Waals surface area (Å²) >= 11 is 16.2. The Morgan fingerprint density at radius 2 is 1.78 bits per heavy atom. The van der Waals surface area contributed by atoms with Gasteiger partial charge in [-0.3, -0.25) is 0 Å². The monoisotopic (exact) mass is 533 g/mol. The number of ether oxygens (including phenoxy) is 2. The molecule has 0 saturated heterocycles. The SMILES string of the molecule is CCOc1cc(CNCc2nc3ccccc3[nH]2)cc(Br)c1OCc1c(Cl)cccc1Cl. The zero-order valence-electron chi connectivity index (χ0n) is 17.4. The molecule has 0 fully saturated rings. The van der Waals surface area contributed by atoms with Crippen molar-refractivity contribution in [1.82, 2.24) is 15.3 Å². The fourth-order valence-electron chi connectivity index (χ4n) is 3.36. The molecular weight excluding hydrogens is 513 g/mol. The lowest BCUT2D eigenvalue weighted by atomic mass is 10.2. The summed E-state index contributed by atoms with van der Waals surface area (Å²) in [6.45, 7) is 3.97. The summed E-state index contributed by atoms with van der Waals surface area (Å²) in [5.74, 6) is 2.17. The summed E-state index contributed by atoms with van der Waals surface area (Å²) in [5.41, 5.74) is 3.79. The van der Waals surface area contributed by atoms with Gasteiger partial charge in [0.05, 0.1) is 28.7 Å². The molecule has 2 N–H and O–H groups in total. The number of para-hydroxylation sites is 2. The molecular formula is C24H22BrCl2N3O2. The van der Waals surface area contributed by atoms with Crippen molar-refractivity contribution in [3.63, 3.8) is 0 Å². The van der Waals surface area contributed by atoms with Gasteiger partial charge >= 0.3 is 0 Å². The minimum atomic E-state index is 0.237. The van der Waals surface area contributed by atoms with Crippen molar-refractivity contribution >= 4 is 50.2 Å². The Morgan fingerprint density at radius 1 is 1.00 bits per heavy atom. The van der Waals surface area contributed by atoms with Crippen molar-refractivity contribution in [2.75, 3.05) is 6.61 Å². The van der Waals surface area contributed by atoms with Crippen LogP contribution in [-0.4, -0.2) is 16.6 Å². The van der Waals surface area contributed by atoms with Crippen LogP contribution in [0.4, 0.5) is 0 Å². The van der Waals surface area contributed by atoms with Crippen molar-refractivity contribution in [2.45, 2.75) is 26.6 Å². The number of fused-ring (bicyclic) bond motifs is 1. The number of benzene rings is 3. The first-order valence-corrected chi connectivity index (χ1v) is 11.7. The number of imidazole rings is 1. The predicted octanol–water partition coefficient (Wildman–Crippen LogP) is 6.90. The fourth-order valence-corrected chi connectivity index (χ4v) is 4.47. The van der Waals surface area contributed by atoms with Crippen LogP contribution in [-0.2, 0) is 19.7 Å². The van der Waals surface area contributed by atoms with Crippen molar-refractivity contribution in [3.05, 3.63) is 86.1 Å². The standard InChI is InChI=1S/C24H22BrCl2N3O2/c1-2-31-22-11-15(12-28-13-23-29-20-8-3-4-9-21(20)30-23)10-17(25)24(22)32-14-16-18(26)6-5-7-19(16)27/h3-11,28H,2,12-14H2,1H3,(H,29,30). The normalized spacial score (nSPS) is 11.1. The molecule has 32 heavy (non-hydrogen) atoms. The smallest absolute Gasteiger partial charge is 0.175 e. The quantitative estimate of drug-likeness (QED) is 0.245. The Bertz CT molecular complexity index is 1180. The summed E-state index contributed by atoms with van der Waals surface area (Å²) in [7, 11) is 0. The third kappa shape index (κ3) is 5.38. The molecule has 1 aromatic heterocycles. The highest BCUT2D eigenvalue weighted by molar-refractivity contribution is 9.10. The number of nitrogens with one attached hydrogen (secondary N) is 2. The predicted molar refractivity (Wildman–Crippen MR) is 133 cm³/mol. The molecule has 0 spiro atoms. The molecule has 166 valence electrons. The van der Waals surface area contributed by atoms with Gasteiger partial charge in [0.2, 0.25) is 0 Å². The topological polar surface area (TPSA) is 59.2 Å². The Balaban J connectivity index is 1.45. The highest BCUT2D eigenvalue weighted by Crippen LogP contribution is 2.38. The van der Waals surface area contributed by atoms with E-state index in [9.17, 15) is 0 Å². The molecule has 0 aliphatic carbocycles. The lowest BCUT2D eigenvalue weighted by Gasteiger charge is -2.16. The van der Waals surface area contributed by atoms with Gasteiger partial charge in [-0.25, -0.2) is 4.98 Å². The van der Waals surface area contributed by atoms with Gasteiger partial charge in [-0.15, -0.1) is 0 Å². The summed E-state index contributed by atoms with van der Waals surface area (Å²) in [6, 6.07) is 17.4. The minimum Gasteiger partial charge on any atom is -0.490 e. The lowest BCUT2D eigenvalue weighted by molar-refractivity contribution is 0.267. The van der Waals surface area contributed by atoms with E-state index in [1.54, 1.807) is 12.1 Å². The van der Waals surface area contributed by atoms with E-state index in [4.69, 9.17) is 32.7 Å². The summed E-state index contributed by atoms with van der Waals surface area (Å²) < 4.78 is 12.7. The molecule has 0 bridgehead atoms. The third-order valence-corrected chi connectivity index (χ3v) is 6.15. The summed E-state index contributed by atoms with van der Waals surface area (Å²) in [6.07, 6.45) is 0. The Kier molecular flexibility index (Phi) is 7.58. The average molecular weight is 535 g/mol. The number of rotatable bonds is 9. The van der Waals surface area contributed by atoms with Crippen LogP contribution >= 0.6 is 39.1 Å². The minimum absolute atomic E-state index is 0.237. The van der Waals surface area contributed by atoms with Crippen molar-refractivity contribution in [1.29, 1.82) is 0 Å². The lowest BCUT2D eigenvalue weighted by Crippen LogP contribution is -2.14. The molecule has 3 aromatic carbocycles. The van der Waals surface area contributed by atoms with Gasteiger partial charge in [-0.1, -0.05) is 41.4 Å². The highest BCUT2D eigenvalue weighted by Gasteiger charge is 2.15. The van der Waals surface area contributed by atoms with Gasteiger partial charge in [0, 0.05) is 22.2 Å². The zero-order chi connectivity index (χ0) is 22.5. The van der Waals surface area contributed by atoms with Gasteiger partial charge < -0.3 is 19.8 Å². The average Bonchev–Trinajstić information content (AvgIpc) is 3.18. The van der Waals surface area contributed by atoms with E-state index in [1.165, 1.54) is 0 Å². The van der Waals surface area contributed by atoms with Crippen LogP contribution < -0.4 is 14.8 Å². The van der Waals surface area contributed by atoms with Gasteiger partial charge in [0.25, 0.3) is 0 Å². The first-order valence-electron chi connectivity index (χ1n) is 10.2. The largest absolute Gasteiger partial charge is 0.490 e. The molecule has 0 saturated carbocycles. The van der Waals surface area contributed by atoms with E-state index in [0.29, 0.717) is 41.2 Å². The maximum Gasteiger partial charge on any atom is 0.175 e. The van der Waals surface area contributed by atoms with E-state index in [-0.39, 0.29) is 6.61 Å². The van der Waals surface area contributed by atoms with E-state index in [0.717, 1.165) is 32.5 Å². The molecule has 4 aromatic rings. The van der Waals surface area contributed by atoms with Gasteiger partial charge in [-0.05, 0) is 64.8 Å². The van der Waals surface area contributed by atoms with E-state index in [1.807, 2.05) is 49.4 Å². The van der Waals surface area contributed by atoms with Crippen LogP contribution in [0.2, 0.25) is 10.0 Å². The van der Waals surface area contributed by atoms with Crippen LogP contribution in [0.25, 0.3) is 11.0 Å². The number of hydrogen-bond donors (Lipinski definition) is 2. The van der Waals surface area contributed by atoms with Crippen molar-refractivity contribution < 1.29 is 9.47 Å². The number of hydrogen-bond acceptors (Lipinski definition) is 4. The first-order chi connectivity index (χ1) is 15.5. The maximum atomic E-state index is 6.27. The first kappa shape index (κ1) is 22.9. The fraction of sp³-hybridized carbons (Fsp3) is 0.208. The van der Waals surface area contributed by atoms with Crippen LogP contribution in [0.1, 0.15) is 23.9 Å². The van der Waals surface area contributed by atoms with Crippen LogP contribution in [0.15, 0.2) is 59.1 Å². The van der Waals surface area contributed by atoms with Crippen molar-refractivity contribution in [3.8, 4) is 11.5 Å². The van der Waals surface area contributed by atoms with E-state index < -0.39 is 0 Å². The van der Waals surface area contributed by atoms with Crippen LogP contribution in [0.5, 0.6) is 11.5 Å². The van der Waals surface area contributed by atoms with Gasteiger partial charge in [-0.2, -0.15) is 0 Å². The molecule has 5 nitrogen and oxygen atoms in total. The Labute approximate surface area is 205 Å². The van der Waals surface area contributed by atoms with Crippen molar-refractivity contribution in [2.24, 2.45) is 0 Å². The molecule has 4 rings (SSSR count). The number of nitrogens with zero attached hydrogens (tertiary/aromatic N) is 1. The van der Waals surface area contributed by atoms with Gasteiger partial charge in [0.15, 0.2) is 11.5 Å². The number of aromatic nitrogens is 2. The summed E-state index contributed by atoms with van der Waals surface area (Å²) in [4.78, 5) is 7.92. The zero-order valence-corrected chi connectivity index (χ0v) is 20.5. The van der Waals surface area contributed by atoms with E-state index in [2.05, 4.69) is 31.2 Å². The molecule has 0 amide bonds. The summed E-state index contributed by atoms with van der Waals surface area (Å²) in [5, 5.41) is 4.56. The molecule has 0 aliphatic heterocycles. The van der Waals surface area contributed by atoms with Gasteiger partial charge in [0.1, 0.15) is 12.4 Å². The second-order valence-electron chi connectivity index (χ2n) is 7.13. The third-order valence-electron chi connectivity index (χ3n) is 4.85. The Hall–Kier alpha value is -2.25. The number of aromatic amines is 1. The second kappa shape index (κ2) is 10.6. The molecule has 0 unspecified atom stereocenters. The molecule has 8 heteroatoms. The molecule has 0 radical (unpaired) electrons. The second-order valence-corrected chi connectivity index (χ2v) is 8.80. The van der Waals surface area contributed by atoms with Crippen LogP contribution in [0, 0.1) is 0 Å². The highest BCUT2D eigenvalue weighted by atomic mass is 79.9. The van der Waals surface area contributed by atoms with Crippen LogP contribution in [0.3, 0.4) is 0 Å².